The molecule has 4 rings (SSSR count). The molecule has 6 atom stereocenters. The van der Waals surface area contributed by atoms with Gasteiger partial charge in [-0.1, -0.05) is 20.8 Å². The van der Waals surface area contributed by atoms with Crippen molar-refractivity contribution in [3.63, 3.8) is 0 Å². The number of hydrogen-bond donors (Lipinski definition) is 6. The van der Waals surface area contributed by atoms with Crippen LogP contribution in [0, 0.1) is 23.2 Å². The van der Waals surface area contributed by atoms with Crippen LogP contribution in [0.25, 0.3) is 0 Å². The Morgan fingerprint density at radius 1 is 1.18 bits per heavy atom. The number of phenols is 1. The van der Waals surface area contributed by atoms with E-state index in [4.69, 9.17) is 5.73 Å². The third-order valence-electron chi connectivity index (χ3n) is 8.60. The number of carbonyl (C=O) groups is 3. The van der Waals surface area contributed by atoms with Crippen LogP contribution in [0.4, 0.5) is 5.69 Å². The van der Waals surface area contributed by atoms with Gasteiger partial charge in [-0.15, -0.1) is 0 Å². The predicted octanol–water partition coefficient (Wildman–Crippen LogP) is 0.487. The summed E-state index contributed by atoms with van der Waals surface area (Å²) in [5, 5.41) is 49.0. The summed E-state index contributed by atoms with van der Waals surface area (Å²) in [6.07, 6.45) is -1.16. The summed E-state index contributed by atoms with van der Waals surface area (Å²) in [6, 6.07) is 0.942. The van der Waals surface area contributed by atoms with E-state index in [1.54, 1.807) is 19.0 Å². The van der Waals surface area contributed by atoms with E-state index in [1.165, 1.54) is 0 Å². The maximum absolute atomic E-state index is 14.1. The van der Waals surface area contributed by atoms with Crippen LogP contribution < -0.4 is 16.0 Å². The predicted molar refractivity (Wildman–Crippen MR) is 149 cm³/mol. The summed E-state index contributed by atoms with van der Waals surface area (Å²) in [5.74, 6) is -7.36. The fourth-order valence-corrected chi connectivity index (χ4v) is 6.81. The van der Waals surface area contributed by atoms with Gasteiger partial charge in [0.05, 0.1) is 11.7 Å². The number of carbonyl (C=O) groups excluding carboxylic acids is 3. The van der Waals surface area contributed by atoms with Gasteiger partial charge >= 0.3 is 0 Å². The Bertz CT molecular complexity index is 1280. The smallest absolute Gasteiger partial charge is 0.230 e. The summed E-state index contributed by atoms with van der Waals surface area (Å²) in [5.41, 5.74) is 4.57. The lowest BCUT2D eigenvalue weighted by Crippen LogP contribution is -2.71. The Balaban J connectivity index is 1.88. The monoisotopic (exact) mass is 558 g/mol. The van der Waals surface area contributed by atoms with Crippen molar-refractivity contribution in [3.05, 3.63) is 34.1 Å². The van der Waals surface area contributed by atoms with Gasteiger partial charge in [-0.05, 0) is 49.9 Å². The Morgan fingerprint density at radius 3 is 2.33 bits per heavy atom. The number of benzene rings is 1. The average molecular weight is 559 g/mol. The summed E-state index contributed by atoms with van der Waals surface area (Å²) >= 11 is 0. The molecule has 3 aliphatic carbocycles. The average Bonchev–Trinajstić information content (AvgIpc) is 2.81. The lowest BCUT2D eigenvalue weighted by atomic mass is 9.56. The number of Topliss-reactive ketones (excluding diaryl/α,β-unsaturated/α-hetero) is 2. The van der Waals surface area contributed by atoms with Crippen molar-refractivity contribution < 1.29 is 34.8 Å². The van der Waals surface area contributed by atoms with Crippen LogP contribution in [0.3, 0.4) is 0 Å². The zero-order valence-electron chi connectivity index (χ0n) is 24.3. The van der Waals surface area contributed by atoms with Crippen LogP contribution in [0.15, 0.2) is 17.4 Å². The second-order valence-electron chi connectivity index (χ2n) is 13.1. The summed E-state index contributed by atoms with van der Waals surface area (Å²) in [4.78, 5) is 43.2. The number of primary amides is 1. The molecule has 1 amide bonds. The highest BCUT2D eigenvalue weighted by Crippen LogP contribution is 2.53. The van der Waals surface area contributed by atoms with Gasteiger partial charge in [0.15, 0.2) is 17.2 Å². The van der Waals surface area contributed by atoms with Crippen LogP contribution in [-0.2, 0) is 22.6 Å². The molecule has 1 aromatic carbocycles. The van der Waals surface area contributed by atoms with Crippen molar-refractivity contribution in [2.45, 2.75) is 57.9 Å². The first kappa shape index (κ1) is 30.0. The Labute approximate surface area is 234 Å². The number of nitrogens with one attached hydrogen (secondary N) is 1. The highest BCUT2D eigenvalue weighted by molar-refractivity contribution is 6.16. The fourth-order valence-electron chi connectivity index (χ4n) is 6.81. The standard InChI is InChI=1S/C29H42N4O7/c1-28(2,3)12-31-11-14-10-17(32(4)5)15-8-13-9-16-21(33(6)7)24(36)20(27(30)39)26(38)29(16,40)25(37)18(13)23(35)19(15)22(14)34/h10,13,16,20-21,24,31,34,36-37,40H,8-9,11-12H2,1-7H3,(H2,30,39)/t13-,16-,20?,21-,24?,29-/m0/s1. The molecule has 7 N–H and O–H groups in total. The number of nitrogens with two attached hydrogens (primary N) is 1. The van der Waals surface area contributed by atoms with Crippen molar-refractivity contribution >= 4 is 23.2 Å². The zero-order chi connectivity index (χ0) is 30.1. The lowest BCUT2D eigenvalue weighted by molar-refractivity contribution is -0.178. The lowest BCUT2D eigenvalue weighted by Gasteiger charge is -2.53. The molecule has 0 radical (unpaired) electrons. The van der Waals surface area contributed by atoms with Crippen LogP contribution in [0.5, 0.6) is 5.75 Å². The first-order chi connectivity index (χ1) is 18.4. The molecule has 220 valence electrons. The molecule has 1 saturated carbocycles. The van der Waals surface area contributed by atoms with E-state index in [9.17, 15) is 34.8 Å². The van der Waals surface area contributed by atoms with Crippen molar-refractivity contribution in [2.75, 3.05) is 39.6 Å². The number of nitrogens with zero attached hydrogens (tertiary/aromatic N) is 2. The normalized spacial score (nSPS) is 30.2. The Kier molecular flexibility index (Phi) is 7.59. The number of aromatic hydroxyl groups is 1. The largest absolute Gasteiger partial charge is 0.508 e. The third kappa shape index (κ3) is 4.58. The van der Waals surface area contributed by atoms with E-state index in [1.807, 2.05) is 25.1 Å². The van der Waals surface area contributed by atoms with Gasteiger partial charge in [-0.25, -0.2) is 0 Å². The Hall–Kier alpha value is -2.99. The fraction of sp³-hybridized carbons (Fsp3) is 0.621. The molecule has 2 unspecified atom stereocenters. The number of likely N-dealkylation sites (N-methyl/N-ethyl adjacent to an activating group) is 1. The molecule has 0 heterocycles. The van der Waals surface area contributed by atoms with Gasteiger partial charge in [0, 0.05) is 56.0 Å². The highest BCUT2D eigenvalue weighted by Gasteiger charge is 2.66. The van der Waals surface area contributed by atoms with Crippen LogP contribution >= 0.6 is 0 Å². The molecule has 1 fully saturated rings. The highest BCUT2D eigenvalue weighted by atomic mass is 16.3. The topological polar surface area (TPSA) is 177 Å². The molecule has 0 aliphatic heterocycles. The number of aliphatic hydroxyl groups excluding tert-OH is 2. The molecule has 11 heteroatoms. The number of fused-ring (bicyclic) bond motifs is 3. The molecular weight excluding hydrogens is 516 g/mol. The molecule has 3 aliphatic rings. The molecular formula is C29H42N4O7. The maximum Gasteiger partial charge on any atom is 0.230 e. The minimum absolute atomic E-state index is 0.00473. The van der Waals surface area contributed by atoms with Gasteiger partial charge in [0.1, 0.15) is 17.4 Å². The number of phenolic OH excluding ortho intramolecular Hbond substituents is 1. The number of aliphatic hydroxyl groups is 3. The number of anilines is 1. The van der Waals surface area contributed by atoms with Gasteiger partial charge in [-0.3, -0.25) is 14.4 Å². The summed E-state index contributed by atoms with van der Waals surface area (Å²) in [6.45, 7) is 7.19. The third-order valence-corrected chi connectivity index (χ3v) is 8.60. The molecule has 11 nitrogen and oxygen atoms in total. The number of hydrogen-bond acceptors (Lipinski definition) is 10. The molecule has 0 saturated heterocycles. The quantitative estimate of drug-likeness (QED) is 0.269. The maximum atomic E-state index is 14.1. The van der Waals surface area contributed by atoms with Gasteiger partial charge < -0.3 is 41.3 Å². The van der Waals surface area contributed by atoms with E-state index in [0.29, 0.717) is 24.2 Å². The van der Waals surface area contributed by atoms with Crippen LogP contribution in [0.1, 0.15) is 48.7 Å². The summed E-state index contributed by atoms with van der Waals surface area (Å²) < 4.78 is 0. The van der Waals surface area contributed by atoms with E-state index in [2.05, 4.69) is 26.1 Å². The molecule has 40 heavy (non-hydrogen) atoms. The van der Waals surface area contributed by atoms with E-state index in [0.717, 1.165) is 5.69 Å². The number of ketones is 2. The minimum Gasteiger partial charge on any atom is -0.508 e. The number of allylic oxidation sites excluding steroid dienone is 1. The molecule has 1 aromatic rings. The minimum atomic E-state index is -2.60. The van der Waals surface area contributed by atoms with Crippen molar-refractivity contribution in [2.24, 2.45) is 28.9 Å². The van der Waals surface area contributed by atoms with Gasteiger partial charge in [0.25, 0.3) is 0 Å². The molecule has 0 aromatic heterocycles. The zero-order valence-corrected chi connectivity index (χ0v) is 24.3. The van der Waals surface area contributed by atoms with E-state index >= 15 is 0 Å². The van der Waals surface area contributed by atoms with E-state index in [-0.39, 0.29) is 35.1 Å². The first-order valence-corrected chi connectivity index (χ1v) is 13.6. The SMILES string of the molecule is CN(C)c1cc(CNCC(C)(C)C)c(O)c2c1C[C@H]1C[C@H]3[C@H](N(C)C)C(O)C(C(N)=O)C(=O)[C@@]3(O)C(O)=C1C2=O. The molecule has 0 bridgehead atoms. The number of rotatable bonds is 6. The second kappa shape index (κ2) is 10.1. The summed E-state index contributed by atoms with van der Waals surface area (Å²) in [7, 11) is 6.96. The van der Waals surface area contributed by atoms with Crippen LogP contribution in [0.2, 0.25) is 0 Å². The van der Waals surface area contributed by atoms with Gasteiger partial charge in [0.2, 0.25) is 5.91 Å². The molecule has 0 spiro atoms. The van der Waals surface area contributed by atoms with Crippen molar-refractivity contribution in [3.8, 4) is 5.75 Å². The first-order valence-electron chi connectivity index (χ1n) is 13.6. The van der Waals surface area contributed by atoms with Crippen LogP contribution in [-0.4, -0.2) is 95.3 Å². The van der Waals surface area contributed by atoms with Gasteiger partial charge in [-0.2, -0.15) is 0 Å². The Morgan fingerprint density at radius 2 is 1.80 bits per heavy atom. The number of amides is 1. The van der Waals surface area contributed by atoms with Crippen molar-refractivity contribution in [1.29, 1.82) is 0 Å². The van der Waals surface area contributed by atoms with E-state index < -0.39 is 58.7 Å². The van der Waals surface area contributed by atoms with Crippen molar-refractivity contribution in [1.82, 2.24) is 10.2 Å². The second-order valence-corrected chi connectivity index (χ2v) is 13.1.